The van der Waals surface area contributed by atoms with Gasteiger partial charge in [-0.05, 0) is 95.3 Å². The van der Waals surface area contributed by atoms with Gasteiger partial charge in [0, 0.05) is 24.1 Å². The molecule has 6 nitrogen and oxygen atoms in total. The van der Waals surface area contributed by atoms with E-state index in [0.717, 1.165) is 57.9 Å². The molecule has 1 amide bonds. The minimum absolute atomic E-state index is 0.165. The molecule has 174 valence electrons. The zero-order chi connectivity index (χ0) is 22.0. The van der Waals surface area contributed by atoms with Crippen LogP contribution in [0.3, 0.4) is 0 Å². The third-order valence-electron chi connectivity index (χ3n) is 10.3. The number of amides is 1. The molecule has 0 aromatic rings. The summed E-state index contributed by atoms with van der Waals surface area (Å²) in [5, 5.41) is 21.7. The van der Waals surface area contributed by atoms with Crippen molar-refractivity contribution in [2.24, 2.45) is 23.2 Å². The van der Waals surface area contributed by atoms with Crippen molar-refractivity contribution in [2.45, 2.75) is 108 Å². The first kappa shape index (κ1) is 21.8. The molecule has 0 aromatic heterocycles. The molecule has 2 saturated heterocycles. The first-order valence-electron chi connectivity index (χ1n) is 12.6. The van der Waals surface area contributed by atoms with E-state index in [1.807, 2.05) is 0 Å². The van der Waals surface area contributed by atoms with Crippen LogP contribution in [0.15, 0.2) is 0 Å². The summed E-state index contributed by atoms with van der Waals surface area (Å²) in [6, 6.07) is 0. The number of ether oxygens (including phenoxy) is 1. The van der Waals surface area contributed by atoms with Crippen LogP contribution in [0.25, 0.3) is 0 Å². The predicted molar refractivity (Wildman–Crippen MR) is 115 cm³/mol. The third-order valence-corrected chi connectivity index (χ3v) is 10.3. The highest BCUT2D eigenvalue weighted by Crippen LogP contribution is 2.64. The second-order valence-corrected chi connectivity index (χ2v) is 11.5. The fraction of sp³-hybridized carbons (Fsp3) is 0.920. The van der Waals surface area contributed by atoms with Gasteiger partial charge in [0.15, 0.2) is 5.78 Å². The Hall–Kier alpha value is -0.980. The number of Topliss-reactive ketones (excluding diaryl/α,β-unsaturated/α-hetero) is 1. The van der Waals surface area contributed by atoms with Crippen molar-refractivity contribution in [3.63, 3.8) is 0 Å². The summed E-state index contributed by atoms with van der Waals surface area (Å²) in [6.45, 7) is 5.88. The molecule has 0 spiro atoms. The van der Waals surface area contributed by atoms with Gasteiger partial charge in [-0.25, -0.2) is 0 Å². The number of rotatable bonds is 1. The number of ketones is 1. The highest BCUT2D eigenvalue weighted by atomic mass is 16.5. The molecule has 5 rings (SSSR count). The lowest BCUT2D eigenvalue weighted by atomic mass is 9.43. The van der Waals surface area contributed by atoms with Crippen LogP contribution < -0.4 is 0 Å². The van der Waals surface area contributed by atoms with E-state index >= 15 is 0 Å². The summed E-state index contributed by atoms with van der Waals surface area (Å²) in [5.41, 5.74) is -2.05. The molecule has 2 N–H and O–H groups in total. The zero-order valence-electron chi connectivity index (χ0n) is 19.1. The van der Waals surface area contributed by atoms with Crippen molar-refractivity contribution < 1.29 is 24.5 Å². The maximum atomic E-state index is 13.5. The number of hydrogen-bond donors (Lipinski definition) is 2. The van der Waals surface area contributed by atoms with Gasteiger partial charge in [0.05, 0.1) is 0 Å². The Labute approximate surface area is 185 Å². The minimum Gasteiger partial charge on any atom is -0.385 e. The first-order chi connectivity index (χ1) is 14.7. The summed E-state index contributed by atoms with van der Waals surface area (Å²) in [6.07, 6.45) is 7.98. The Morgan fingerprint density at radius 2 is 1.81 bits per heavy atom. The number of nitrogens with zero attached hydrogens (tertiary/aromatic N) is 1. The highest BCUT2D eigenvalue weighted by molar-refractivity contribution is 5.92. The van der Waals surface area contributed by atoms with Crippen LogP contribution in [0, 0.1) is 23.2 Å². The largest absolute Gasteiger partial charge is 0.385 e. The lowest BCUT2D eigenvalue weighted by Crippen LogP contribution is -2.70. The Balaban J connectivity index is 1.42. The van der Waals surface area contributed by atoms with Crippen LogP contribution in [-0.2, 0) is 14.3 Å². The molecule has 5 fully saturated rings. The molecule has 3 saturated carbocycles. The molecular formula is C25H39NO5. The normalized spacial score (nSPS) is 50.3. The molecule has 0 unspecified atom stereocenters. The standard InChI is InChI=1S/C25H39NO5/c1-23-11-10-19(27)21(28)25(23,30)13-8-16-17(23)9-12-24(2)18(16)6-5-14-26(24)22(29)20-7-3-4-15-31-20/h16-20,27,30H,3-15H2,1-2H3/t16-,17+,18+,19+,20-,23-,24+,25-/m1/s1. The third kappa shape index (κ3) is 3.00. The SMILES string of the molecule is C[C@]12CC[C@H]3[C@@H](CC[C@@]4(O)C(=O)[C@@H](O)CC[C@]34C)[C@@H]1CCCN2C(=O)[C@H]1CCCCO1. The number of hydrogen-bond acceptors (Lipinski definition) is 5. The molecule has 2 heterocycles. The number of aliphatic hydroxyl groups is 2. The summed E-state index contributed by atoms with van der Waals surface area (Å²) in [7, 11) is 0. The van der Waals surface area contributed by atoms with Gasteiger partial charge in [0.1, 0.15) is 17.8 Å². The molecule has 8 atom stereocenters. The maximum absolute atomic E-state index is 13.5. The Morgan fingerprint density at radius 1 is 1.00 bits per heavy atom. The van der Waals surface area contributed by atoms with Crippen LogP contribution in [0.1, 0.15) is 84.5 Å². The van der Waals surface area contributed by atoms with Crippen LogP contribution in [-0.4, -0.2) is 63.3 Å². The van der Waals surface area contributed by atoms with Gasteiger partial charge in [0.25, 0.3) is 5.91 Å². The van der Waals surface area contributed by atoms with Crippen molar-refractivity contribution in [3.8, 4) is 0 Å². The highest BCUT2D eigenvalue weighted by Gasteiger charge is 2.67. The summed E-state index contributed by atoms with van der Waals surface area (Å²) in [4.78, 5) is 28.5. The zero-order valence-corrected chi connectivity index (χ0v) is 19.1. The lowest BCUT2D eigenvalue weighted by molar-refractivity contribution is -0.219. The number of carbonyl (C=O) groups is 2. The molecule has 2 aliphatic heterocycles. The average Bonchev–Trinajstić information content (AvgIpc) is 2.78. The number of fused-ring (bicyclic) bond motifs is 5. The Morgan fingerprint density at radius 3 is 2.55 bits per heavy atom. The van der Waals surface area contributed by atoms with Crippen LogP contribution in [0.4, 0.5) is 0 Å². The fourth-order valence-corrected chi connectivity index (χ4v) is 8.45. The summed E-state index contributed by atoms with van der Waals surface area (Å²) in [5.74, 6) is 0.898. The van der Waals surface area contributed by atoms with E-state index in [2.05, 4.69) is 18.7 Å². The van der Waals surface area contributed by atoms with Crippen molar-refractivity contribution >= 4 is 11.7 Å². The molecule has 0 aromatic carbocycles. The van der Waals surface area contributed by atoms with E-state index in [0.29, 0.717) is 37.7 Å². The second-order valence-electron chi connectivity index (χ2n) is 11.5. The molecule has 3 aliphatic carbocycles. The van der Waals surface area contributed by atoms with Gasteiger partial charge in [-0.3, -0.25) is 9.59 Å². The molecule has 31 heavy (non-hydrogen) atoms. The first-order valence-corrected chi connectivity index (χ1v) is 12.6. The van der Waals surface area contributed by atoms with Crippen LogP contribution in [0.2, 0.25) is 0 Å². The maximum Gasteiger partial charge on any atom is 0.252 e. The van der Waals surface area contributed by atoms with Crippen molar-refractivity contribution in [1.29, 1.82) is 0 Å². The van der Waals surface area contributed by atoms with Crippen molar-refractivity contribution in [1.82, 2.24) is 4.90 Å². The molecule has 5 aliphatic rings. The smallest absolute Gasteiger partial charge is 0.252 e. The van der Waals surface area contributed by atoms with Gasteiger partial charge < -0.3 is 19.8 Å². The number of aliphatic hydroxyl groups excluding tert-OH is 1. The van der Waals surface area contributed by atoms with E-state index in [4.69, 9.17) is 4.74 Å². The van der Waals surface area contributed by atoms with E-state index in [1.165, 1.54) is 0 Å². The monoisotopic (exact) mass is 433 g/mol. The van der Waals surface area contributed by atoms with E-state index in [-0.39, 0.29) is 29.3 Å². The van der Waals surface area contributed by atoms with Gasteiger partial charge in [-0.2, -0.15) is 0 Å². The van der Waals surface area contributed by atoms with Gasteiger partial charge >= 0.3 is 0 Å². The second kappa shape index (κ2) is 7.53. The quantitative estimate of drug-likeness (QED) is 0.664. The lowest BCUT2D eigenvalue weighted by Gasteiger charge is -2.65. The molecular weight excluding hydrogens is 394 g/mol. The summed E-state index contributed by atoms with van der Waals surface area (Å²) < 4.78 is 5.86. The molecule has 0 bridgehead atoms. The Kier molecular flexibility index (Phi) is 5.30. The van der Waals surface area contributed by atoms with Gasteiger partial charge in [-0.15, -0.1) is 0 Å². The van der Waals surface area contributed by atoms with E-state index < -0.39 is 17.1 Å². The van der Waals surface area contributed by atoms with Gasteiger partial charge in [0.2, 0.25) is 0 Å². The number of likely N-dealkylation sites (tertiary alicyclic amines) is 1. The topological polar surface area (TPSA) is 87.1 Å². The molecule has 6 heteroatoms. The van der Waals surface area contributed by atoms with Crippen molar-refractivity contribution in [3.05, 3.63) is 0 Å². The van der Waals surface area contributed by atoms with Crippen molar-refractivity contribution in [2.75, 3.05) is 13.2 Å². The minimum atomic E-state index is -1.40. The van der Waals surface area contributed by atoms with Crippen LogP contribution in [0.5, 0.6) is 0 Å². The fourth-order valence-electron chi connectivity index (χ4n) is 8.45. The van der Waals surface area contributed by atoms with E-state index in [1.54, 1.807) is 0 Å². The predicted octanol–water partition coefficient (Wildman–Crippen LogP) is 2.83. The Bertz CT molecular complexity index is 750. The molecule has 0 radical (unpaired) electrons. The van der Waals surface area contributed by atoms with Gasteiger partial charge in [-0.1, -0.05) is 6.92 Å². The van der Waals surface area contributed by atoms with Crippen LogP contribution >= 0.6 is 0 Å². The van der Waals surface area contributed by atoms with E-state index in [9.17, 15) is 19.8 Å². The summed E-state index contributed by atoms with van der Waals surface area (Å²) >= 11 is 0. The number of carbonyl (C=O) groups excluding carboxylic acids is 2. The number of piperidine rings is 1. The average molecular weight is 434 g/mol.